The number of carbonyl (C=O) groups is 2. The van der Waals surface area contributed by atoms with Gasteiger partial charge in [-0.3, -0.25) is 4.79 Å². The highest BCUT2D eigenvalue weighted by atomic mass is 35.5. The molecular formula is C26H26ClN5O4S. The predicted molar refractivity (Wildman–Crippen MR) is 142 cm³/mol. The number of piperazine rings is 1. The number of benzene rings is 2. The van der Waals surface area contributed by atoms with E-state index in [1.54, 1.807) is 32.1 Å². The van der Waals surface area contributed by atoms with Crippen LogP contribution in [0.5, 0.6) is 11.5 Å². The van der Waals surface area contributed by atoms with Crippen molar-refractivity contribution < 1.29 is 19.1 Å². The highest BCUT2D eigenvalue weighted by molar-refractivity contribution is 7.80. The van der Waals surface area contributed by atoms with Gasteiger partial charge in [0.15, 0.2) is 16.6 Å². The van der Waals surface area contributed by atoms with E-state index in [0.29, 0.717) is 52.9 Å². The molecule has 11 heteroatoms. The molecule has 3 amide bonds. The first-order chi connectivity index (χ1) is 17.8. The number of imide groups is 1. The van der Waals surface area contributed by atoms with Crippen LogP contribution in [0.25, 0.3) is 0 Å². The fraction of sp³-hybridized carbons (Fsp3) is 0.385. The molecule has 3 aliphatic rings. The number of nitrogens with zero attached hydrogens (tertiary/aromatic N) is 4. The van der Waals surface area contributed by atoms with Crippen molar-refractivity contribution in [3.63, 3.8) is 0 Å². The fourth-order valence-corrected chi connectivity index (χ4v) is 6.08. The summed E-state index contributed by atoms with van der Waals surface area (Å²) >= 11 is 12.0. The van der Waals surface area contributed by atoms with Crippen LogP contribution in [-0.2, 0) is 11.2 Å². The van der Waals surface area contributed by atoms with Crippen LogP contribution < -0.4 is 19.7 Å². The highest BCUT2D eigenvalue weighted by Gasteiger charge is 2.62. The normalized spacial score (nSPS) is 21.8. The first kappa shape index (κ1) is 25.1. The monoisotopic (exact) mass is 539 g/mol. The van der Waals surface area contributed by atoms with E-state index in [1.165, 1.54) is 11.0 Å². The van der Waals surface area contributed by atoms with Gasteiger partial charge in [0.25, 0.3) is 5.91 Å². The van der Waals surface area contributed by atoms with Crippen LogP contribution in [0.2, 0.25) is 5.02 Å². The summed E-state index contributed by atoms with van der Waals surface area (Å²) in [6, 6.07) is 9.72. The van der Waals surface area contributed by atoms with Crippen molar-refractivity contribution in [2.24, 2.45) is 0 Å². The number of rotatable bonds is 6. The molecule has 0 saturated carbocycles. The third-order valence-electron chi connectivity index (χ3n) is 7.38. The van der Waals surface area contributed by atoms with Gasteiger partial charge in [-0.15, -0.1) is 0 Å². The van der Waals surface area contributed by atoms with Crippen molar-refractivity contribution in [2.45, 2.75) is 37.9 Å². The molecule has 2 bridgehead atoms. The van der Waals surface area contributed by atoms with Crippen LogP contribution in [0.1, 0.15) is 23.1 Å². The molecule has 2 aromatic carbocycles. The van der Waals surface area contributed by atoms with Crippen molar-refractivity contribution in [3.8, 4) is 17.6 Å². The van der Waals surface area contributed by atoms with Crippen LogP contribution in [0.15, 0.2) is 30.3 Å². The molecule has 0 unspecified atom stereocenters. The molecule has 0 aromatic heterocycles. The molecule has 37 heavy (non-hydrogen) atoms. The van der Waals surface area contributed by atoms with Gasteiger partial charge in [-0.1, -0.05) is 17.7 Å². The zero-order valence-electron chi connectivity index (χ0n) is 20.7. The molecule has 0 radical (unpaired) electrons. The lowest BCUT2D eigenvalue weighted by molar-refractivity contribution is -0.120. The van der Waals surface area contributed by atoms with Crippen molar-refractivity contribution in [3.05, 3.63) is 52.0 Å². The summed E-state index contributed by atoms with van der Waals surface area (Å²) in [4.78, 5) is 31.8. The Morgan fingerprint density at radius 1 is 1.22 bits per heavy atom. The summed E-state index contributed by atoms with van der Waals surface area (Å²) in [6.07, 6.45) is 1.42. The third kappa shape index (κ3) is 4.03. The minimum atomic E-state index is -0.606. The minimum Gasteiger partial charge on any atom is -0.493 e. The smallest absolute Gasteiger partial charge is 0.332 e. The molecule has 3 saturated heterocycles. The molecule has 1 N–H and O–H groups in total. The maximum absolute atomic E-state index is 13.5. The lowest BCUT2D eigenvalue weighted by Crippen LogP contribution is -2.57. The minimum absolute atomic E-state index is 0.101. The van der Waals surface area contributed by atoms with Gasteiger partial charge in [-0.2, -0.15) is 5.26 Å². The number of amides is 3. The molecule has 3 heterocycles. The Morgan fingerprint density at radius 3 is 2.68 bits per heavy atom. The van der Waals surface area contributed by atoms with Gasteiger partial charge in [0.2, 0.25) is 0 Å². The van der Waals surface area contributed by atoms with Gasteiger partial charge in [-0.05, 0) is 67.4 Å². The molecule has 0 aliphatic carbocycles. The number of carbonyl (C=O) groups excluding carboxylic acids is 2. The van der Waals surface area contributed by atoms with Gasteiger partial charge in [0.1, 0.15) is 12.1 Å². The first-order valence-electron chi connectivity index (χ1n) is 11.9. The molecule has 3 fully saturated rings. The summed E-state index contributed by atoms with van der Waals surface area (Å²) in [6.45, 7) is 2.89. The lowest BCUT2D eigenvalue weighted by atomic mass is 10.1. The van der Waals surface area contributed by atoms with Crippen molar-refractivity contribution >= 4 is 46.6 Å². The van der Waals surface area contributed by atoms with E-state index >= 15 is 0 Å². The Morgan fingerprint density at radius 2 is 1.97 bits per heavy atom. The van der Waals surface area contributed by atoms with Crippen molar-refractivity contribution in [1.82, 2.24) is 15.1 Å². The van der Waals surface area contributed by atoms with Crippen LogP contribution in [-0.4, -0.2) is 72.3 Å². The number of likely N-dealkylation sites (tertiary alicyclic amines) is 1. The number of anilines is 1. The number of nitrogens with one attached hydrogen (secondary N) is 1. The molecule has 0 spiro atoms. The summed E-state index contributed by atoms with van der Waals surface area (Å²) in [5.74, 6) is 1.06. The maximum Gasteiger partial charge on any atom is 0.332 e. The zero-order valence-corrected chi connectivity index (χ0v) is 22.2. The topological polar surface area (TPSA) is 98.1 Å². The van der Waals surface area contributed by atoms with Crippen molar-refractivity contribution in [2.75, 3.05) is 32.2 Å². The van der Waals surface area contributed by atoms with E-state index in [2.05, 4.69) is 5.32 Å². The Labute approximate surface area is 225 Å². The molecule has 9 nitrogen and oxygen atoms in total. The number of ether oxygens (including phenoxy) is 2. The summed E-state index contributed by atoms with van der Waals surface area (Å²) in [5.41, 5.74) is 2.32. The van der Waals surface area contributed by atoms with E-state index in [4.69, 9.17) is 33.3 Å². The zero-order chi connectivity index (χ0) is 26.4. The van der Waals surface area contributed by atoms with Gasteiger partial charge < -0.3 is 24.6 Å². The lowest BCUT2D eigenvalue weighted by Gasteiger charge is -2.36. The highest BCUT2D eigenvalue weighted by Crippen LogP contribution is 2.43. The van der Waals surface area contributed by atoms with E-state index in [9.17, 15) is 14.9 Å². The molecule has 3 aliphatic heterocycles. The van der Waals surface area contributed by atoms with Crippen LogP contribution >= 0.6 is 23.8 Å². The predicted octanol–water partition coefficient (Wildman–Crippen LogP) is 3.25. The molecule has 5 rings (SSSR count). The van der Waals surface area contributed by atoms with Gasteiger partial charge in [0.05, 0.1) is 42.6 Å². The summed E-state index contributed by atoms with van der Waals surface area (Å²) < 4.78 is 10.7. The second kappa shape index (κ2) is 9.72. The standard InChI is InChI=1S/C26H26ClN5O4S/c1-14-18(6-5-16(12-28)22(14)27)32-24(33)23-19-11-17(31(23)26(32)34)13-30(19)25(37)29-9-8-15-4-7-20(35-2)21(10-15)36-3/h4-7,10,17,19,23H,8-9,11,13H2,1-3H3,(H,29,37)/t17-,19-,23-/m0/s1. The third-order valence-corrected chi connectivity index (χ3v) is 8.25. The van der Waals surface area contributed by atoms with E-state index < -0.39 is 6.04 Å². The molecule has 192 valence electrons. The number of fused-ring (bicyclic) bond motifs is 5. The van der Waals surface area contributed by atoms with E-state index in [0.717, 1.165) is 12.0 Å². The number of nitriles is 1. The molecule has 2 aromatic rings. The average Bonchev–Trinajstić information content (AvgIpc) is 3.57. The van der Waals surface area contributed by atoms with Gasteiger partial charge in [0, 0.05) is 13.1 Å². The van der Waals surface area contributed by atoms with Crippen LogP contribution in [0, 0.1) is 18.3 Å². The number of urea groups is 1. The Hall–Kier alpha value is -3.55. The molecule has 3 atom stereocenters. The summed E-state index contributed by atoms with van der Waals surface area (Å²) in [7, 11) is 3.21. The fourth-order valence-electron chi connectivity index (χ4n) is 5.57. The Bertz CT molecular complexity index is 1340. The number of thiocarbonyl (C=S) groups is 1. The van der Waals surface area contributed by atoms with E-state index in [-0.39, 0.29) is 29.0 Å². The Kier molecular flexibility index (Phi) is 6.60. The largest absolute Gasteiger partial charge is 0.493 e. The number of methoxy groups -OCH3 is 2. The first-order valence-corrected chi connectivity index (χ1v) is 12.7. The second-order valence-corrected chi connectivity index (χ2v) is 10.0. The second-order valence-electron chi connectivity index (χ2n) is 9.27. The SMILES string of the molecule is COc1ccc(CCNC(=S)N2C[C@@H]3C[C@H]2[C@H]2C(=O)N(c4ccc(C#N)c(Cl)c4C)C(=O)N32)cc1OC. The summed E-state index contributed by atoms with van der Waals surface area (Å²) in [5, 5.41) is 13.4. The van der Waals surface area contributed by atoms with Gasteiger partial charge >= 0.3 is 6.03 Å². The van der Waals surface area contributed by atoms with Gasteiger partial charge in [-0.25, -0.2) is 9.69 Å². The Balaban J connectivity index is 1.27. The average molecular weight is 540 g/mol. The number of hydrogen-bond acceptors (Lipinski definition) is 6. The van der Waals surface area contributed by atoms with E-state index in [1.807, 2.05) is 29.2 Å². The van der Waals surface area contributed by atoms with Crippen molar-refractivity contribution in [1.29, 1.82) is 5.26 Å². The quantitative estimate of drug-likeness (QED) is 0.441. The maximum atomic E-state index is 13.5. The number of hydrogen-bond donors (Lipinski definition) is 1. The number of halogens is 1. The molecular weight excluding hydrogens is 514 g/mol. The van der Waals surface area contributed by atoms with Crippen LogP contribution in [0.3, 0.4) is 0 Å². The van der Waals surface area contributed by atoms with Crippen LogP contribution in [0.4, 0.5) is 10.5 Å².